The molecule has 1 amide bonds. The van der Waals surface area contributed by atoms with Gasteiger partial charge in [0, 0.05) is 5.02 Å². The number of rotatable bonds is 8. The fraction of sp³-hybridized carbons (Fsp3) is 0.148. The van der Waals surface area contributed by atoms with Crippen LogP contribution in [0.4, 0.5) is 5.69 Å². The molecule has 188 valence electrons. The van der Waals surface area contributed by atoms with Gasteiger partial charge in [-0.2, -0.15) is 5.26 Å². The topological polar surface area (TPSA) is 104 Å². The number of amides is 1. The predicted octanol–water partition coefficient (Wildman–Crippen LogP) is 6.35. The van der Waals surface area contributed by atoms with Crippen molar-refractivity contribution < 1.29 is 18.7 Å². The lowest BCUT2D eigenvalue weighted by Crippen LogP contribution is -2.29. The Labute approximate surface area is 228 Å². The Morgan fingerprint density at radius 2 is 1.95 bits per heavy atom. The van der Waals surface area contributed by atoms with Crippen molar-refractivity contribution in [2.24, 2.45) is 0 Å². The van der Waals surface area contributed by atoms with Gasteiger partial charge in [0.2, 0.25) is 5.91 Å². The minimum absolute atomic E-state index is 0.0436. The molecule has 1 atom stereocenters. The summed E-state index contributed by atoms with van der Waals surface area (Å²) in [4.78, 5) is 26.0. The number of allylic oxidation sites excluding steroid dienone is 1. The molecule has 0 saturated carbocycles. The van der Waals surface area contributed by atoms with Crippen molar-refractivity contribution in [3.8, 4) is 6.07 Å². The van der Waals surface area contributed by atoms with E-state index in [0.29, 0.717) is 37.8 Å². The number of halogens is 2. The molecule has 7 nitrogen and oxygen atoms in total. The van der Waals surface area contributed by atoms with Crippen molar-refractivity contribution in [3.05, 3.63) is 104 Å². The largest absolute Gasteiger partial charge is 0.468 e. The van der Waals surface area contributed by atoms with Crippen LogP contribution in [0.1, 0.15) is 24.2 Å². The Bertz CT molecular complexity index is 1410. The summed E-state index contributed by atoms with van der Waals surface area (Å²) < 4.78 is 11.0. The van der Waals surface area contributed by atoms with Crippen LogP contribution in [0, 0.1) is 11.3 Å². The summed E-state index contributed by atoms with van der Waals surface area (Å²) in [5.74, 6) is -1.39. The molecule has 0 saturated heterocycles. The van der Waals surface area contributed by atoms with Crippen LogP contribution in [0.3, 0.4) is 0 Å². The zero-order valence-electron chi connectivity index (χ0n) is 19.6. The van der Waals surface area contributed by atoms with E-state index in [0.717, 1.165) is 11.8 Å². The highest BCUT2D eigenvalue weighted by atomic mass is 35.5. The van der Waals surface area contributed by atoms with Gasteiger partial charge in [-0.25, -0.2) is 4.79 Å². The number of benzene rings is 2. The van der Waals surface area contributed by atoms with Gasteiger partial charge in [-0.05, 0) is 42.8 Å². The van der Waals surface area contributed by atoms with Crippen molar-refractivity contribution in [2.75, 3.05) is 17.7 Å². The second kappa shape index (κ2) is 12.1. The maximum absolute atomic E-state index is 13.2. The number of furan rings is 1. The van der Waals surface area contributed by atoms with Gasteiger partial charge in [0.15, 0.2) is 0 Å². The second-order valence-electron chi connectivity index (χ2n) is 7.76. The molecule has 0 fully saturated rings. The van der Waals surface area contributed by atoms with Gasteiger partial charge >= 0.3 is 5.97 Å². The van der Waals surface area contributed by atoms with E-state index in [1.165, 1.54) is 6.26 Å². The first-order valence-corrected chi connectivity index (χ1v) is 13.0. The lowest BCUT2D eigenvalue weighted by atomic mass is 9.84. The minimum atomic E-state index is -0.830. The van der Waals surface area contributed by atoms with E-state index in [1.807, 2.05) is 30.3 Å². The second-order valence-corrected chi connectivity index (χ2v) is 9.59. The molecule has 1 aliphatic rings. The van der Waals surface area contributed by atoms with Gasteiger partial charge in [0.05, 0.1) is 63.2 Å². The molecule has 3 aromatic rings. The lowest BCUT2D eigenvalue weighted by Gasteiger charge is -2.29. The number of carbonyl (C=O) groups excluding carboxylic acids is 2. The number of ether oxygens (including phenoxy) is 1. The van der Waals surface area contributed by atoms with E-state index in [1.54, 1.807) is 37.3 Å². The molecule has 2 aromatic carbocycles. The first-order chi connectivity index (χ1) is 17.9. The van der Waals surface area contributed by atoms with Crippen LogP contribution in [0.5, 0.6) is 0 Å². The fourth-order valence-corrected chi connectivity index (χ4v) is 4.99. The standard InChI is InChI=1S/C27H21Cl2N3O4S/c1-2-35-27(34)24-23(21-9-6-12-36-21)18(14-30)26(32-25(24)16-7-4-3-5-8-16)37-15-22(33)31-20-13-17(28)10-11-19(20)29/h3-13,23,32H,2,15H2,1H3,(H,31,33)/t23-/m1/s1. The Morgan fingerprint density at radius 1 is 1.16 bits per heavy atom. The number of thioether (sulfide) groups is 1. The highest BCUT2D eigenvalue weighted by Crippen LogP contribution is 2.43. The molecule has 1 aromatic heterocycles. The van der Waals surface area contributed by atoms with Gasteiger partial charge in [-0.3, -0.25) is 4.79 Å². The van der Waals surface area contributed by atoms with Crippen LogP contribution < -0.4 is 10.6 Å². The molecule has 0 bridgehead atoms. The van der Waals surface area contributed by atoms with E-state index >= 15 is 0 Å². The molecule has 4 rings (SSSR count). The molecule has 0 unspecified atom stereocenters. The third-order valence-electron chi connectivity index (χ3n) is 5.39. The number of esters is 1. The highest BCUT2D eigenvalue weighted by molar-refractivity contribution is 8.03. The Hall–Kier alpha value is -3.64. The number of nitriles is 1. The van der Waals surface area contributed by atoms with Crippen LogP contribution in [-0.2, 0) is 14.3 Å². The first kappa shape index (κ1) is 26.4. The van der Waals surface area contributed by atoms with Crippen molar-refractivity contribution >= 4 is 58.2 Å². The zero-order valence-corrected chi connectivity index (χ0v) is 21.9. The number of hydrogen-bond donors (Lipinski definition) is 2. The van der Waals surface area contributed by atoms with Crippen LogP contribution in [0.2, 0.25) is 10.0 Å². The summed E-state index contributed by atoms with van der Waals surface area (Å²) in [6.07, 6.45) is 1.48. The third-order valence-corrected chi connectivity index (χ3v) is 6.97. The van der Waals surface area contributed by atoms with Crippen molar-refractivity contribution in [2.45, 2.75) is 12.8 Å². The molecule has 2 heterocycles. The summed E-state index contributed by atoms with van der Waals surface area (Å²) >= 11 is 13.3. The van der Waals surface area contributed by atoms with Gasteiger partial charge in [-0.1, -0.05) is 65.3 Å². The van der Waals surface area contributed by atoms with Gasteiger partial charge in [0.1, 0.15) is 5.76 Å². The smallest absolute Gasteiger partial charge is 0.337 e. The van der Waals surface area contributed by atoms with E-state index in [4.69, 9.17) is 32.4 Å². The van der Waals surface area contributed by atoms with Crippen molar-refractivity contribution in [3.63, 3.8) is 0 Å². The Balaban J connectivity index is 1.71. The van der Waals surface area contributed by atoms with Crippen LogP contribution in [0.15, 0.2) is 87.5 Å². The third kappa shape index (κ3) is 6.03. The predicted molar refractivity (Wildman–Crippen MR) is 145 cm³/mol. The number of dihydropyridines is 1. The summed E-state index contributed by atoms with van der Waals surface area (Å²) in [5.41, 5.74) is 2.05. The van der Waals surface area contributed by atoms with E-state index in [-0.39, 0.29) is 29.4 Å². The molecule has 37 heavy (non-hydrogen) atoms. The van der Waals surface area contributed by atoms with Crippen molar-refractivity contribution in [1.82, 2.24) is 5.32 Å². The number of hydrogen-bond acceptors (Lipinski definition) is 7. The number of nitrogens with one attached hydrogen (secondary N) is 2. The van der Waals surface area contributed by atoms with Gasteiger partial charge < -0.3 is 19.8 Å². The summed E-state index contributed by atoms with van der Waals surface area (Å²) in [6, 6.07) is 19.6. The molecule has 0 spiro atoms. The molecule has 1 aliphatic heterocycles. The molecule has 2 N–H and O–H groups in total. The molecule has 10 heteroatoms. The average molecular weight is 554 g/mol. The molecular formula is C27H21Cl2N3O4S. The van der Waals surface area contributed by atoms with Crippen molar-refractivity contribution in [1.29, 1.82) is 5.26 Å². The first-order valence-electron chi connectivity index (χ1n) is 11.2. The summed E-state index contributed by atoms with van der Waals surface area (Å²) in [6.45, 7) is 1.88. The average Bonchev–Trinajstić information content (AvgIpc) is 3.44. The highest BCUT2D eigenvalue weighted by Gasteiger charge is 2.38. The summed E-state index contributed by atoms with van der Waals surface area (Å²) in [7, 11) is 0. The lowest BCUT2D eigenvalue weighted by molar-refractivity contribution is -0.138. The van der Waals surface area contributed by atoms with E-state index in [2.05, 4.69) is 16.7 Å². The zero-order chi connectivity index (χ0) is 26.4. The van der Waals surface area contributed by atoms with Gasteiger partial charge in [0.25, 0.3) is 0 Å². The molecule has 0 radical (unpaired) electrons. The quantitative estimate of drug-likeness (QED) is 0.313. The molecule has 0 aliphatic carbocycles. The van der Waals surface area contributed by atoms with Crippen LogP contribution >= 0.6 is 35.0 Å². The van der Waals surface area contributed by atoms with Crippen LogP contribution in [0.25, 0.3) is 5.70 Å². The van der Waals surface area contributed by atoms with E-state index in [9.17, 15) is 14.9 Å². The van der Waals surface area contributed by atoms with E-state index < -0.39 is 11.9 Å². The summed E-state index contributed by atoms with van der Waals surface area (Å²) in [5, 5.41) is 17.3. The fourth-order valence-electron chi connectivity index (χ4n) is 3.82. The maximum atomic E-state index is 13.2. The Morgan fingerprint density at radius 3 is 2.62 bits per heavy atom. The maximum Gasteiger partial charge on any atom is 0.337 e. The van der Waals surface area contributed by atoms with Gasteiger partial charge in [-0.15, -0.1) is 0 Å². The number of carbonyl (C=O) groups is 2. The Kier molecular flexibility index (Phi) is 8.62. The monoisotopic (exact) mass is 553 g/mol. The normalized spacial score (nSPS) is 15.1. The number of anilines is 1. The SMILES string of the molecule is CCOC(=O)C1=C(c2ccccc2)NC(SCC(=O)Nc2cc(Cl)ccc2Cl)=C(C#N)[C@@H]1c1ccco1. The molecular weight excluding hydrogens is 533 g/mol. The minimum Gasteiger partial charge on any atom is -0.468 e. The number of nitrogens with zero attached hydrogens (tertiary/aromatic N) is 1. The van der Waals surface area contributed by atoms with Crippen LogP contribution in [-0.4, -0.2) is 24.2 Å².